The monoisotopic (exact) mass is 423 g/mol. The molecule has 0 saturated carbocycles. The summed E-state index contributed by atoms with van der Waals surface area (Å²) in [5.41, 5.74) is 2.10. The highest BCUT2D eigenvalue weighted by atomic mass is 19.1. The Morgan fingerprint density at radius 2 is 1.61 bits per heavy atom. The molecular formula is C25H30FN3O2. The molecule has 31 heavy (non-hydrogen) atoms. The molecule has 0 aliphatic carbocycles. The van der Waals surface area contributed by atoms with E-state index in [1.807, 2.05) is 40.1 Å². The molecule has 6 heteroatoms. The zero-order chi connectivity index (χ0) is 21.6. The number of amides is 2. The number of piperazine rings is 1. The van der Waals surface area contributed by atoms with Gasteiger partial charge in [-0.05, 0) is 42.7 Å². The molecule has 2 saturated heterocycles. The number of rotatable bonds is 5. The fraction of sp³-hybridized carbons (Fsp3) is 0.440. The van der Waals surface area contributed by atoms with Gasteiger partial charge in [0.15, 0.2) is 0 Å². The normalized spacial score (nSPS) is 20.0. The number of hydrogen-bond acceptors (Lipinski definition) is 3. The Bertz CT molecular complexity index is 879. The molecule has 0 N–H and O–H groups in total. The Balaban J connectivity index is 1.32. The maximum atomic E-state index is 13.2. The molecule has 2 aliphatic heterocycles. The quantitative estimate of drug-likeness (QED) is 0.737. The molecule has 2 aromatic rings. The Labute approximate surface area is 183 Å². The number of carbonyl (C=O) groups is 2. The summed E-state index contributed by atoms with van der Waals surface area (Å²) in [6, 6.07) is 16.5. The van der Waals surface area contributed by atoms with Gasteiger partial charge in [0, 0.05) is 57.3 Å². The van der Waals surface area contributed by atoms with Crippen molar-refractivity contribution >= 4 is 17.5 Å². The van der Waals surface area contributed by atoms with Crippen LogP contribution in [0.5, 0.6) is 0 Å². The Hall–Kier alpha value is -2.89. The van der Waals surface area contributed by atoms with Crippen molar-refractivity contribution in [1.29, 1.82) is 0 Å². The van der Waals surface area contributed by atoms with Gasteiger partial charge in [0.1, 0.15) is 5.82 Å². The van der Waals surface area contributed by atoms with E-state index in [1.54, 1.807) is 12.1 Å². The van der Waals surface area contributed by atoms with Crippen molar-refractivity contribution in [3.63, 3.8) is 0 Å². The molecule has 2 fully saturated rings. The van der Waals surface area contributed by atoms with E-state index in [0.29, 0.717) is 26.1 Å². The fourth-order valence-electron chi connectivity index (χ4n) is 4.54. The smallest absolute Gasteiger partial charge is 0.226 e. The minimum absolute atomic E-state index is 0.0682. The Morgan fingerprint density at radius 1 is 0.903 bits per heavy atom. The second kappa shape index (κ2) is 9.94. The third-order valence-corrected chi connectivity index (χ3v) is 6.35. The van der Waals surface area contributed by atoms with Crippen molar-refractivity contribution in [2.24, 2.45) is 5.92 Å². The molecule has 164 valence electrons. The highest BCUT2D eigenvalue weighted by molar-refractivity contribution is 5.86. The summed E-state index contributed by atoms with van der Waals surface area (Å²) in [5, 5.41) is 0. The molecule has 0 spiro atoms. The average molecular weight is 424 g/mol. The topological polar surface area (TPSA) is 43.9 Å². The van der Waals surface area contributed by atoms with Crippen LogP contribution in [-0.4, -0.2) is 54.3 Å². The number of nitrogens with zero attached hydrogens (tertiary/aromatic N) is 3. The van der Waals surface area contributed by atoms with Gasteiger partial charge in [0.05, 0.1) is 0 Å². The average Bonchev–Trinajstić information content (AvgIpc) is 2.97. The third-order valence-electron chi connectivity index (χ3n) is 6.35. The van der Waals surface area contributed by atoms with E-state index < -0.39 is 0 Å². The lowest BCUT2D eigenvalue weighted by Crippen LogP contribution is -2.49. The van der Waals surface area contributed by atoms with E-state index in [2.05, 4.69) is 4.90 Å². The second-order valence-corrected chi connectivity index (χ2v) is 8.49. The first-order chi connectivity index (χ1) is 15.1. The van der Waals surface area contributed by atoms with Gasteiger partial charge in [0.25, 0.3) is 0 Å². The van der Waals surface area contributed by atoms with Crippen LogP contribution in [0.4, 0.5) is 10.1 Å². The first kappa shape index (κ1) is 21.3. The number of likely N-dealkylation sites (tertiary alicyclic amines) is 1. The van der Waals surface area contributed by atoms with Gasteiger partial charge in [-0.1, -0.05) is 36.8 Å². The van der Waals surface area contributed by atoms with E-state index in [9.17, 15) is 14.0 Å². The first-order valence-electron chi connectivity index (χ1n) is 11.2. The summed E-state index contributed by atoms with van der Waals surface area (Å²) in [4.78, 5) is 32.1. The SMILES string of the molecule is O=C(CC1CCCCN(Cc2ccccc2)C1=O)N1CCN(c2ccc(F)cc2)CC1. The predicted molar refractivity (Wildman–Crippen MR) is 119 cm³/mol. The van der Waals surface area contributed by atoms with Crippen LogP contribution in [0.3, 0.4) is 0 Å². The van der Waals surface area contributed by atoms with E-state index in [4.69, 9.17) is 0 Å². The van der Waals surface area contributed by atoms with Crippen LogP contribution in [-0.2, 0) is 16.1 Å². The molecule has 0 bridgehead atoms. The van der Waals surface area contributed by atoms with Crippen molar-refractivity contribution in [2.75, 3.05) is 37.6 Å². The van der Waals surface area contributed by atoms with Gasteiger partial charge in [-0.15, -0.1) is 0 Å². The molecule has 4 rings (SSSR count). The molecule has 2 aliphatic rings. The molecule has 0 radical (unpaired) electrons. The van der Waals surface area contributed by atoms with Crippen LogP contribution in [0.15, 0.2) is 54.6 Å². The highest BCUT2D eigenvalue weighted by Gasteiger charge is 2.31. The lowest BCUT2D eigenvalue weighted by Gasteiger charge is -2.36. The molecule has 2 aromatic carbocycles. The lowest BCUT2D eigenvalue weighted by atomic mass is 9.97. The zero-order valence-corrected chi connectivity index (χ0v) is 17.9. The molecular weight excluding hydrogens is 393 g/mol. The maximum Gasteiger partial charge on any atom is 0.226 e. The van der Waals surface area contributed by atoms with Gasteiger partial charge < -0.3 is 14.7 Å². The zero-order valence-electron chi connectivity index (χ0n) is 17.9. The van der Waals surface area contributed by atoms with Crippen LogP contribution in [0.2, 0.25) is 0 Å². The summed E-state index contributed by atoms with van der Waals surface area (Å²) in [6.45, 7) is 4.07. The minimum atomic E-state index is -0.244. The molecule has 1 unspecified atom stereocenters. The molecule has 0 aromatic heterocycles. The summed E-state index contributed by atoms with van der Waals surface area (Å²) < 4.78 is 13.2. The van der Waals surface area contributed by atoms with Crippen molar-refractivity contribution in [3.05, 3.63) is 66.0 Å². The van der Waals surface area contributed by atoms with Gasteiger partial charge in [0.2, 0.25) is 11.8 Å². The van der Waals surface area contributed by atoms with E-state index in [1.165, 1.54) is 12.1 Å². The largest absolute Gasteiger partial charge is 0.368 e. The number of carbonyl (C=O) groups excluding carboxylic acids is 2. The first-order valence-corrected chi connectivity index (χ1v) is 11.2. The second-order valence-electron chi connectivity index (χ2n) is 8.49. The molecule has 1 atom stereocenters. The number of hydrogen-bond donors (Lipinski definition) is 0. The van der Waals surface area contributed by atoms with E-state index >= 15 is 0 Å². The summed E-state index contributed by atoms with van der Waals surface area (Å²) in [6.07, 6.45) is 3.04. The predicted octanol–water partition coefficient (Wildman–Crippen LogP) is 3.69. The summed E-state index contributed by atoms with van der Waals surface area (Å²) >= 11 is 0. The number of halogens is 1. The molecule has 2 heterocycles. The maximum absolute atomic E-state index is 13.2. The molecule has 2 amide bonds. The van der Waals surface area contributed by atoms with Gasteiger partial charge >= 0.3 is 0 Å². The van der Waals surface area contributed by atoms with E-state index in [-0.39, 0.29) is 23.5 Å². The van der Waals surface area contributed by atoms with Crippen LogP contribution >= 0.6 is 0 Å². The van der Waals surface area contributed by atoms with Crippen LogP contribution in [0, 0.1) is 11.7 Å². The van der Waals surface area contributed by atoms with Gasteiger partial charge in [-0.25, -0.2) is 4.39 Å². The fourth-order valence-corrected chi connectivity index (χ4v) is 4.54. The summed E-state index contributed by atoms with van der Waals surface area (Å²) in [5.74, 6) is -0.293. The van der Waals surface area contributed by atoms with Crippen molar-refractivity contribution in [2.45, 2.75) is 32.2 Å². The standard InChI is InChI=1S/C25H30FN3O2/c26-22-9-11-23(12-10-22)27-14-16-28(17-15-27)24(30)18-21-8-4-5-13-29(25(21)31)19-20-6-2-1-3-7-20/h1-3,6-7,9-12,21H,4-5,8,13-19H2. The van der Waals surface area contributed by atoms with Crippen LogP contribution < -0.4 is 4.90 Å². The lowest BCUT2D eigenvalue weighted by molar-refractivity contribution is -0.141. The van der Waals surface area contributed by atoms with Crippen molar-refractivity contribution in [1.82, 2.24) is 9.80 Å². The highest BCUT2D eigenvalue weighted by Crippen LogP contribution is 2.24. The van der Waals surface area contributed by atoms with E-state index in [0.717, 1.165) is 50.1 Å². The minimum Gasteiger partial charge on any atom is -0.368 e. The molecule has 5 nitrogen and oxygen atoms in total. The van der Waals surface area contributed by atoms with Gasteiger partial charge in [-0.3, -0.25) is 9.59 Å². The number of benzene rings is 2. The Morgan fingerprint density at radius 3 is 2.32 bits per heavy atom. The van der Waals surface area contributed by atoms with Crippen LogP contribution in [0.25, 0.3) is 0 Å². The summed E-state index contributed by atoms with van der Waals surface area (Å²) in [7, 11) is 0. The van der Waals surface area contributed by atoms with Crippen molar-refractivity contribution in [3.8, 4) is 0 Å². The van der Waals surface area contributed by atoms with Crippen LogP contribution in [0.1, 0.15) is 31.2 Å². The third kappa shape index (κ3) is 5.43. The number of anilines is 1. The van der Waals surface area contributed by atoms with Gasteiger partial charge in [-0.2, -0.15) is 0 Å². The Kier molecular flexibility index (Phi) is 6.85. The van der Waals surface area contributed by atoms with Crippen molar-refractivity contribution < 1.29 is 14.0 Å².